The van der Waals surface area contributed by atoms with Gasteiger partial charge in [0.1, 0.15) is 5.01 Å². The number of thioether (sulfide) groups is 1. The molecule has 0 atom stereocenters. The van der Waals surface area contributed by atoms with Crippen LogP contribution >= 0.6 is 34.4 Å². The Hall–Kier alpha value is -1.19. The number of carbonyl (C=O) groups excluding carboxylic acids is 1. The number of thiazole rings is 1. The van der Waals surface area contributed by atoms with Crippen LogP contribution in [0.4, 0.5) is 5.13 Å². The van der Waals surface area contributed by atoms with E-state index in [4.69, 9.17) is 0 Å². The average Bonchev–Trinajstić information content (AvgIpc) is 3.06. The minimum atomic E-state index is 0.0722. The van der Waals surface area contributed by atoms with Crippen molar-refractivity contribution in [2.24, 2.45) is 0 Å². The molecule has 0 saturated carbocycles. The SMILES string of the molecule is CCNc1nnc(SCc2csc(CC(=O)N(C)C)n2)s1. The third kappa shape index (κ3) is 4.94. The van der Waals surface area contributed by atoms with Crippen LogP contribution in [0.3, 0.4) is 0 Å². The van der Waals surface area contributed by atoms with Crippen LogP contribution < -0.4 is 5.32 Å². The summed E-state index contributed by atoms with van der Waals surface area (Å²) in [5.74, 6) is 0.816. The van der Waals surface area contributed by atoms with Crippen molar-refractivity contribution in [1.29, 1.82) is 0 Å². The molecule has 0 aliphatic heterocycles. The fourth-order valence-corrected chi connectivity index (χ4v) is 4.01. The molecule has 21 heavy (non-hydrogen) atoms. The minimum absolute atomic E-state index is 0.0722. The van der Waals surface area contributed by atoms with Crippen molar-refractivity contribution in [1.82, 2.24) is 20.1 Å². The Labute approximate surface area is 136 Å². The van der Waals surface area contributed by atoms with Crippen molar-refractivity contribution in [3.05, 3.63) is 16.1 Å². The molecule has 2 aromatic heterocycles. The molecule has 0 spiro atoms. The van der Waals surface area contributed by atoms with Crippen LogP contribution in [0.5, 0.6) is 0 Å². The maximum absolute atomic E-state index is 11.6. The van der Waals surface area contributed by atoms with E-state index in [1.165, 1.54) is 11.3 Å². The van der Waals surface area contributed by atoms with Gasteiger partial charge in [0.05, 0.1) is 12.1 Å². The van der Waals surface area contributed by atoms with E-state index in [9.17, 15) is 4.79 Å². The quantitative estimate of drug-likeness (QED) is 0.778. The summed E-state index contributed by atoms with van der Waals surface area (Å²) in [5, 5.41) is 15.0. The summed E-state index contributed by atoms with van der Waals surface area (Å²) in [6.45, 7) is 2.87. The van der Waals surface area contributed by atoms with Gasteiger partial charge in [0, 0.05) is 31.8 Å². The second-order valence-corrected chi connectivity index (χ2v) is 7.53. The molecule has 9 heteroatoms. The first-order chi connectivity index (χ1) is 10.1. The molecule has 2 aromatic rings. The van der Waals surface area contributed by atoms with E-state index in [2.05, 4.69) is 20.5 Å². The van der Waals surface area contributed by atoms with E-state index in [-0.39, 0.29) is 5.91 Å². The Morgan fingerprint density at radius 3 is 2.95 bits per heavy atom. The Bertz CT molecular complexity index is 595. The van der Waals surface area contributed by atoms with Gasteiger partial charge in [0.2, 0.25) is 11.0 Å². The molecule has 0 aromatic carbocycles. The number of amides is 1. The maximum atomic E-state index is 11.6. The van der Waals surface area contributed by atoms with Gasteiger partial charge < -0.3 is 10.2 Å². The molecule has 0 saturated heterocycles. The van der Waals surface area contributed by atoms with E-state index >= 15 is 0 Å². The smallest absolute Gasteiger partial charge is 0.228 e. The second-order valence-electron chi connectivity index (χ2n) is 4.39. The van der Waals surface area contributed by atoms with E-state index in [0.717, 1.165) is 32.5 Å². The lowest BCUT2D eigenvalue weighted by molar-refractivity contribution is -0.127. The van der Waals surface area contributed by atoms with Crippen LogP contribution in [0.2, 0.25) is 0 Å². The molecular formula is C12H17N5OS3. The third-order valence-corrected chi connectivity index (χ3v) is 5.42. The van der Waals surface area contributed by atoms with Crippen molar-refractivity contribution in [3.63, 3.8) is 0 Å². The number of rotatable bonds is 7. The number of nitrogens with one attached hydrogen (secondary N) is 1. The van der Waals surface area contributed by atoms with Crippen molar-refractivity contribution >= 4 is 45.5 Å². The summed E-state index contributed by atoms with van der Waals surface area (Å²) < 4.78 is 0.921. The van der Waals surface area contributed by atoms with Crippen molar-refractivity contribution < 1.29 is 4.79 Å². The number of carbonyl (C=O) groups is 1. The van der Waals surface area contributed by atoms with E-state index in [1.807, 2.05) is 12.3 Å². The molecule has 0 bridgehead atoms. The summed E-state index contributed by atoms with van der Waals surface area (Å²) in [6.07, 6.45) is 0.367. The lowest BCUT2D eigenvalue weighted by Gasteiger charge is -2.07. The Balaban J connectivity index is 1.86. The van der Waals surface area contributed by atoms with Crippen molar-refractivity contribution in [2.45, 2.75) is 23.4 Å². The number of nitrogens with zero attached hydrogens (tertiary/aromatic N) is 4. The highest BCUT2D eigenvalue weighted by atomic mass is 32.2. The molecule has 114 valence electrons. The number of likely N-dealkylation sites (N-methyl/N-ethyl adjacent to an activating group) is 1. The van der Waals surface area contributed by atoms with Gasteiger partial charge in [-0.2, -0.15) is 0 Å². The second kappa shape index (κ2) is 7.71. The normalized spacial score (nSPS) is 10.6. The lowest BCUT2D eigenvalue weighted by atomic mass is 10.4. The first kappa shape index (κ1) is 16.2. The van der Waals surface area contributed by atoms with Gasteiger partial charge in [-0.05, 0) is 6.92 Å². The Kier molecular flexibility index (Phi) is 5.95. The largest absolute Gasteiger partial charge is 0.360 e. The van der Waals surface area contributed by atoms with E-state index in [1.54, 1.807) is 42.1 Å². The van der Waals surface area contributed by atoms with Gasteiger partial charge in [0.15, 0.2) is 4.34 Å². The van der Waals surface area contributed by atoms with Crippen LogP contribution in [0.15, 0.2) is 9.72 Å². The third-order valence-electron chi connectivity index (χ3n) is 2.48. The monoisotopic (exact) mass is 343 g/mol. The number of hydrogen-bond acceptors (Lipinski definition) is 8. The number of hydrogen-bond donors (Lipinski definition) is 1. The summed E-state index contributed by atoms with van der Waals surface area (Å²) >= 11 is 4.68. The number of aromatic nitrogens is 3. The molecule has 0 aliphatic rings. The van der Waals surface area contributed by atoms with E-state index < -0.39 is 0 Å². The lowest BCUT2D eigenvalue weighted by Crippen LogP contribution is -2.23. The van der Waals surface area contributed by atoms with Gasteiger partial charge in [-0.1, -0.05) is 23.1 Å². The Morgan fingerprint density at radius 1 is 1.43 bits per heavy atom. The van der Waals surface area contributed by atoms with Crippen molar-refractivity contribution in [2.75, 3.05) is 26.0 Å². The summed E-state index contributed by atoms with van der Waals surface area (Å²) in [6, 6.07) is 0. The number of anilines is 1. The summed E-state index contributed by atoms with van der Waals surface area (Å²) in [5.41, 5.74) is 0.978. The molecule has 1 amide bonds. The summed E-state index contributed by atoms with van der Waals surface area (Å²) in [7, 11) is 3.51. The molecule has 0 radical (unpaired) electrons. The van der Waals surface area contributed by atoms with Gasteiger partial charge in [0.25, 0.3) is 0 Å². The van der Waals surface area contributed by atoms with Crippen LogP contribution in [0.1, 0.15) is 17.6 Å². The molecular weight excluding hydrogens is 326 g/mol. The molecule has 0 unspecified atom stereocenters. The summed E-state index contributed by atoms with van der Waals surface area (Å²) in [4.78, 5) is 17.7. The topological polar surface area (TPSA) is 71.0 Å². The first-order valence-electron chi connectivity index (χ1n) is 6.42. The highest BCUT2D eigenvalue weighted by Crippen LogP contribution is 2.28. The molecule has 0 aliphatic carbocycles. The van der Waals surface area contributed by atoms with Gasteiger partial charge in [-0.25, -0.2) is 4.98 Å². The highest BCUT2D eigenvalue weighted by Gasteiger charge is 2.11. The van der Waals surface area contributed by atoms with Crippen molar-refractivity contribution in [3.8, 4) is 0 Å². The first-order valence-corrected chi connectivity index (χ1v) is 9.10. The van der Waals surface area contributed by atoms with Gasteiger partial charge in [-0.15, -0.1) is 21.5 Å². The fourth-order valence-electron chi connectivity index (χ4n) is 1.41. The zero-order valence-electron chi connectivity index (χ0n) is 12.1. The highest BCUT2D eigenvalue weighted by molar-refractivity contribution is 8.00. The predicted molar refractivity (Wildman–Crippen MR) is 88.1 cm³/mol. The minimum Gasteiger partial charge on any atom is -0.360 e. The van der Waals surface area contributed by atoms with Crippen LogP contribution in [0.25, 0.3) is 0 Å². The molecule has 2 rings (SSSR count). The maximum Gasteiger partial charge on any atom is 0.228 e. The van der Waals surface area contributed by atoms with E-state index in [0.29, 0.717) is 6.42 Å². The molecule has 0 fully saturated rings. The standard InChI is InChI=1S/C12H17N5OS3/c1-4-13-11-15-16-12(21-11)20-7-8-6-19-9(14-8)5-10(18)17(2)3/h6H,4-5,7H2,1-3H3,(H,13,15). The predicted octanol–water partition coefficient (Wildman–Crippen LogP) is 2.35. The van der Waals surface area contributed by atoms with Gasteiger partial charge >= 0.3 is 0 Å². The molecule has 2 heterocycles. The zero-order chi connectivity index (χ0) is 15.2. The van der Waals surface area contributed by atoms with Gasteiger partial charge in [-0.3, -0.25) is 4.79 Å². The van der Waals surface area contributed by atoms with Crippen LogP contribution in [0, 0.1) is 0 Å². The molecule has 1 N–H and O–H groups in total. The Morgan fingerprint density at radius 2 is 2.24 bits per heavy atom. The fraction of sp³-hybridized carbons (Fsp3) is 0.500. The van der Waals surface area contributed by atoms with Crippen LogP contribution in [-0.4, -0.2) is 46.6 Å². The molecule has 6 nitrogen and oxygen atoms in total. The zero-order valence-corrected chi connectivity index (χ0v) is 14.6. The average molecular weight is 344 g/mol. The van der Waals surface area contributed by atoms with Crippen LogP contribution in [-0.2, 0) is 17.0 Å².